The minimum Gasteiger partial charge on any atom is -0.310 e. The minimum absolute atomic E-state index is 0.635. The van der Waals surface area contributed by atoms with Crippen molar-refractivity contribution in [3.63, 3.8) is 0 Å². The Labute approximate surface area is 334 Å². The van der Waals surface area contributed by atoms with E-state index >= 15 is 0 Å². The van der Waals surface area contributed by atoms with Gasteiger partial charge in [-0.2, -0.15) is 0 Å². The lowest BCUT2D eigenvalue weighted by molar-refractivity contribution is 0.967. The summed E-state index contributed by atoms with van der Waals surface area (Å²) in [6.45, 7) is 0. The van der Waals surface area contributed by atoms with E-state index in [1.165, 1.54) is 60.0 Å². The van der Waals surface area contributed by atoms with Crippen molar-refractivity contribution in [2.75, 3.05) is 0 Å². The SMILES string of the molecule is C1=Cc2c(c3ccc(-c4nc(-c5ccccc5)nc(-c5ccc(-n6c7cc8ccccc8cc7c7cc8ccccc8cc76)cc5)n4)cc3n2-c2ccccc2)CC1. The topological polar surface area (TPSA) is 48.5 Å². The Hall–Kier alpha value is -7.63. The Bertz CT molecular complexity index is 3340. The second-order valence-electron chi connectivity index (χ2n) is 15.2. The molecule has 0 radical (unpaired) electrons. The summed E-state index contributed by atoms with van der Waals surface area (Å²) in [6.07, 6.45) is 6.62. The Morgan fingerprint density at radius 2 is 0.862 bits per heavy atom. The molecule has 1 aliphatic rings. The summed E-state index contributed by atoms with van der Waals surface area (Å²) in [5.41, 5.74) is 11.2. The number of allylic oxidation sites excluding steroid dienone is 1. The third-order valence-corrected chi connectivity index (χ3v) is 11.8. The van der Waals surface area contributed by atoms with Gasteiger partial charge < -0.3 is 9.13 Å². The first kappa shape index (κ1) is 32.6. The molecule has 0 saturated heterocycles. The zero-order valence-electron chi connectivity index (χ0n) is 31.5. The number of nitrogens with zero attached hydrogens (tertiary/aromatic N) is 5. The summed E-state index contributed by atoms with van der Waals surface area (Å²) in [7, 11) is 0. The van der Waals surface area contributed by atoms with Gasteiger partial charge in [-0.3, -0.25) is 0 Å². The van der Waals surface area contributed by atoms with Gasteiger partial charge in [-0.25, -0.2) is 15.0 Å². The molecule has 11 aromatic rings. The molecule has 3 heterocycles. The predicted molar refractivity (Wildman–Crippen MR) is 240 cm³/mol. The fraction of sp³-hybridized carbons (Fsp3) is 0.0377. The molecule has 0 fully saturated rings. The van der Waals surface area contributed by atoms with Crippen LogP contribution in [-0.2, 0) is 6.42 Å². The van der Waals surface area contributed by atoms with Crippen LogP contribution in [0, 0.1) is 0 Å². The number of hydrogen-bond donors (Lipinski definition) is 0. The first-order chi connectivity index (χ1) is 28.7. The van der Waals surface area contributed by atoms with E-state index in [1.54, 1.807) is 0 Å². The minimum atomic E-state index is 0.635. The molecule has 5 nitrogen and oxygen atoms in total. The van der Waals surface area contributed by atoms with Crippen molar-refractivity contribution in [1.82, 2.24) is 24.1 Å². The maximum absolute atomic E-state index is 5.20. The van der Waals surface area contributed by atoms with Crippen LogP contribution in [0.1, 0.15) is 17.7 Å². The molecule has 0 N–H and O–H groups in total. The molecule has 0 unspecified atom stereocenters. The van der Waals surface area contributed by atoms with Crippen molar-refractivity contribution in [3.05, 3.63) is 193 Å². The number of para-hydroxylation sites is 1. The van der Waals surface area contributed by atoms with Crippen molar-refractivity contribution in [2.45, 2.75) is 12.8 Å². The molecule has 1 aliphatic carbocycles. The van der Waals surface area contributed by atoms with E-state index < -0.39 is 0 Å². The smallest absolute Gasteiger partial charge is 0.164 e. The molecular formula is C53H35N5. The van der Waals surface area contributed by atoms with Gasteiger partial charge in [0.1, 0.15) is 0 Å². The number of fused-ring (bicyclic) bond motifs is 8. The van der Waals surface area contributed by atoms with Gasteiger partial charge in [0.05, 0.1) is 16.6 Å². The summed E-state index contributed by atoms with van der Waals surface area (Å²) in [5.74, 6) is 1.92. The van der Waals surface area contributed by atoms with Crippen LogP contribution < -0.4 is 0 Å². The van der Waals surface area contributed by atoms with Gasteiger partial charge in [-0.15, -0.1) is 0 Å². The first-order valence-electron chi connectivity index (χ1n) is 19.9. The number of hydrogen-bond acceptors (Lipinski definition) is 3. The third-order valence-electron chi connectivity index (χ3n) is 11.8. The summed E-state index contributed by atoms with van der Waals surface area (Å²) >= 11 is 0. The van der Waals surface area contributed by atoms with Crippen molar-refractivity contribution in [1.29, 1.82) is 0 Å². The van der Waals surface area contributed by atoms with Gasteiger partial charge in [-0.1, -0.05) is 115 Å². The van der Waals surface area contributed by atoms with Crippen molar-refractivity contribution >= 4 is 60.3 Å². The lowest BCUT2D eigenvalue weighted by Gasteiger charge is -2.12. The molecule has 272 valence electrons. The normalized spacial score (nSPS) is 12.6. The van der Waals surface area contributed by atoms with Crippen LogP contribution in [0.4, 0.5) is 0 Å². The summed E-state index contributed by atoms with van der Waals surface area (Å²) < 4.78 is 4.77. The van der Waals surface area contributed by atoms with Crippen LogP contribution in [-0.4, -0.2) is 24.1 Å². The highest BCUT2D eigenvalue weighted by Crippen LogP contribution is 2.39. The Kier molecular flexibility index (Phi) is 7.29. The van der Waals surface area contributed by atoms with Crippen LogP contribution in [0.5, 0.6) is 0 Å². The number of rotatable bonds is 5. The van der Waals surface area contributed by atoms with Gasteiger partial charge >= 0.3 is 0 Å². The molecule has 0 atom stereocenters. The predicted octanol–water partition coefficient (Wildman–Crippen LogP) is 13.2. The van der Waals surface area contributed by atoms with Crippen molar-refractivity contribution in [3.8, 4) is 45.5 Å². The molecule has 0 saturated carbocycles. The van der Waals surface area contributed by atoms with Gasteiger partial charge in [0, 0.05) is 49.9 Å². The molecule has 8 aromatic carbocycles. The molecule has 0 bridgehead atoms. The fourth-order valence-electron chi connectivity index (χ4n) is 9.01. The fourth-order valence-corrected chi connectivity index (χ4v) is 9.01. The number of aromatic nitrogens is 5. The highest BCUT2D eigenvalue weighted by atomic mass is 15.0. The Balaban J connectivity index is 1.02. The van der Waals surface area contributed by atoms with Crippen molar-refractivity contribution in [2.24, 2.45) is 0 Å². The molecule has 58 heavy (non-hydrogen) atoms. The molecular weight excluding hydrogens is 707 g/mol. The van der Waals surface area contributed by atoms with Crippen LogP contribution in [0.2, 0.25) is 0 Å². The zero-order valence-corrected chi connectivity index (χ0v) is 31.5. The van der Waals surface area contributed by atoms with Gasteiger partial charge in [-0.05, 0) is 113 Å². The Morgan fingerprint density at radius 1 is 0.379 bits per heavy atom. The molecule has 0 aliphatic heterocycles. The summed E-state index contributed by atoms with van der Waals surface area (Å²) in [6, 6.07) is 62.7. The molecule has 3 aromatic heterocycles. The van der Waals surface area contributed by atoms with Gasteiger partial charge in [0.25, 0.3) is 0 Å². The second kappa shape index (κ2) is 13.0. The maximum atomic E-state index is 5.20. The molecule has 12 rings (SSSR count). The monoisotopic (exact) mass is 741 g/mol. The van der Waals surface area contributed by atoms with Crippen LogP contribution in [0.25, 0.3) is 106 Å². The second-order valence-corrected chi connectivity index (χ2v) is 15.2. The van der Waals surface area contributed by atoms with E-state index in [9.17, 15) is 0 Å². The van der Waals surface area contributed by atoms with Crippen LogP contribution in [0.15, 0.2) is 182 Å². The van der Waals surface area contributed by atoms with E-state index in [-0.39, 0.29) is 0 Å². The standard InChI is InChI=1S/C53H35N5/c1-3-13-34(14-4-1)51-54-52(56-53(55-51)40-25-28-44-43-21-11-12-22-47(43)57(48(44)33-40)41-19-5-2-6-20-41)35-23-26-42(27-24-35)58-49-31-38-17-9-7-15-36(38)29-45(49)46-30-37-16-8-10-18-39(37)32-50(46)58/h1-10,12-20,22-33H,11,21H2. The number of aryl methyl sites for hydroxylation is 1. The van der Waals surface area contributed by atoms with E-state index in [0.717, 1.165) is 46.4 Å². The van der Waals surface area contributed by atoms with E-state index in [1.807, 2.05) is 18.2 Å². The molecule has 0 amide bonds. The quantitative estimate of drug-likeness (QED) is 0.176. The highest BCUT2D eigenvalue weighted by molar-refractivity contribution is 6.16. The van der Waals surface area contributed by atoms with Crippen LogP contribution >= 0.6 is 0 Å². The van der Waals surface area contributed by atoms with Gasteiger partial charge in [0.2, 0.25) is 0 Å². The third kappa shape index (κ3) is 5.21. The Morgan fingerprint density at radius 3 is 1.48 bits per heavy atom. The lowest BCUT2D eigenvalue weighted by Crippen LogP contribution is -2.01. The highest BCUT2D eigenvalue weighted by Gasteiger charge is 2.21. The summed E-state index contributed by atoms with van der Waals surface area (Å²) in [4.78, 5) is 15.4. The molecule has 0 spiro atoms. The van der Waals surface area contributed by atoms with Crippen molar-refractivity contribution < 1.29 is 0 Å². The van der Waals surface area contributed by atoms with E-state index in [4.69, 9.17) is 15.0 Å². The average molecular weight is 742 g/mol. The lowest BCUT2D eigenvalue weighted by atomic mass is 10.00. The summed E-state index contributed by atoms with van der Waals surface area (Å²) in [5, 5.41) is 8.67. The van der Waals surface area contributed by atoms with Crippen LogP contribution in [0.3, 0.4) is 0 Å². The average Bonchev–Trinajstić information content (AvgIpc) is 3.79. The zero-order chi connectivity index (χ0) is 38.2. The largest absolute Gasteiger partial charge is 0.310 e. The molecule has 5 heteroatoms. The van der Waals surface area contributed by atoms with E-state index in [2.05, 4.69) is 179 Å². The number of benzene rings is 8. The van der Waals surface area contributed by atoms with E-state index in [0.29, 0.717) is 17.5 Å². The maximum Gasteiger partial charge on any atom is 0.164 e. The first-order valence-corrected chi connectivity index (χ1v) is 19.9. The van der Waals surface area contributed by atoms with Gasteiger partial charge in [0.15, 0.2) is 17.5 Å².